The topological polar surface area (TPSA) is 77.2 Å². The zero-order chi connectivity index (χ0) is 13.7. The van der Waals surface area contributed by atoms with Crippen molar-refractivity contribution in [3.63, 3.8) is 0 Å². The molecule has 102 valence electrons. The van der Waals surface area contributed by atoms with Gasteiger partial charge in [-0.25, -0.2) is 9.59 Å². The largest absolute Gasteiger partial charge is 0.467 e. The Hall–Kier alpha value is -2.08. The van der Waals surface area contributed by atoms with Crippen molar-refractivity contribution in [2.24, 2.45) is 0 Å². The summed E-state index contributed by atoms with van der Waals surface area (Å²) in [6, 6.07) is 8.46. The van der Waals surface area contributed by atoms with Gasteiger partial charge in [-0.15, -0.1) is 0 Å². The fourth-order valence-corrected chi connectivity index (χ4v) is 1.57. The fourth-order valence-electron chi connectivity index (χ4n) is 1.57. The molecule has 6 heteroatoms. The second-order valence-corrected chi connectivity index (χ2v) is 4.08. The van der Waals surface area contributed by atoms with Crippen LogP contribution in [-0.4, -0.2) is 37.9 Å². The number of amides is 1. The maximum absolute atomic E-state index is 11.6. The Bertz CT molecular complexity index is 444. The van der Waals surface area contributed by atoms with Gasteiger partial charge in [0, 0.05) is 0 Å². The molecule has 0 radical (unpaired) electrons. The number of benzene rings is 1. The van der Waals surface area contributed by atoms with Crippen molar-refractivity contribution in [1.29, 1.82) is 0 Å². The molecule has 1 amide bonds. The van der Waals surface area contributed by atoms with E-state index >= 15 is 0 Å². The molecule has 0 saturated carbocycles. The summed E-state index contributed by atoms with van der Waals surface area (Å²) in [6.45, 7) is 0.574. The van der Waals surface area contributed by atoms with E-state index in [1.807, 2.05) is 30.3 Å². The van der Waals surface area contributed by atoms with Crippen LogP contribution >= 0.6 is 0 Å². The Kier molecular flexibility index (Phi) is 4.35. The molecule has 0 spiro atoms. The third kappa shape index (κ3) is 3.96. The fraction of sp³-hybridized carbons (Fsp3) is 0.385. The first-order chi connectivity index (χ1) is 9.20. The van der Waals surface area contributed by atoms with Crippen molar-refractivity contribution in [2.45, 2.75) is 18.8 Å². The van der Waals surface area contributed by atoms with Crippen LogP contribution in [0.3, 0.4) is 0 Å². The van der Waals surface area contributed by atoms with Gasteiger partial charge < -0.3 is 19.5 Å². The van der Waals surface area contributed by atoms with Gasteiger partial charge in [0.1, 0.15) is 12.7 Å². The van der Waals surface area contributed by atoms with E-state index in [1.54, 1.807) is 0 Å². The van der Waals surface area contributed by atoms with Gasteiger partial charge in [-0.1, -0.05) is 30.3 Å². The number of carbonyl (C=O) groups excluding carboxylic acids is 2. The third-order valence-electron chi connectivity index (χ3n) is 2.67. The normalized spacial score (nSPS) is 18.3. The molecule has 0 aliphatic carbocycles. The zero-order valence-corrected chi connectivity index (χ0v) is 10.5. The highest BCUT2D eigenvalue weighted by molar-refractivity contribution is 5.82. The number of epoxide rings is 1. The van der Waals surface area contributed by atoms with E-state index in [0.717, 1.165) is 5.56 Å². The van der Waals surface area contributed by atoms with E-state index < -0.39 is 18.1 Å². The van der Waals surface area contributed by atoms with Gasteiger partial charge in [-0.3, -0.25) is 0 Å². The minimum atomic E-state index is -0.812. The molecule has 1 saturated heterocycles. The number of nitrogens with one attached hydrogen (secondary N) is 1. The summed E-state index contributed by atoms with van der Waals surface area (Å²) in [5.41, 5.74) is 0.870. The zero-order valence-electron chi connectivity index (χ0n) is 10.5. The van der Waals surface area contributed by atoms with E-state index in [2.05, 4.69) is 10.1 Å². The first kappa shape index (κ1) is 13.4. The predicted molar refractivity (Wildman–Crippen MR) is 65.3 cm³/mol. The van der Waals surface area contributed by atoms with Crippen molar-refractivity contribution in [3.8, 4) is 0 Å². The lowest BCUT2D eigenvalue weighted by Gasteiger charge is -2.14. The number of hydrogen-bond acceptors (Lipinski definition) is 5. The summed E-state index contributed by atoms with van der Waals surface area (Å²) >= 11 is 0. The molecule has 0 aromatic heterocycles. The molecule has 2 unspecified atom stereocenters. The highest BCUT2D eigenvalue weighted by Crippen LogP contribution is 2.15. The molecule has 0 bridgehead atoms. The first-order valence-electron chi connectivity index (χ1n) is 5.87. The summed E-state index contributed by atoms with van der Waals surface area (Å²) in [7, 11) is 1.26. The molecule has 1 heterocycles. The second-order valence-electron chi connectivity index (χ2n) is 4.08. The van der Waals surface area contributed by atoms with E-state index in [9.17, 15) is 9.59 Å². The van der Waals surface area contributed by atoms with E-state index in [-0.39, 0.29) is 12.7 Å². The monoisotopic (exact) mass is 265 g/mol. The molecule has 6 nitrogen and oxygen atoms in total. The number of esters is 1. The van der Waals surface area contributed by atoms with Gasteiger partial charge in [0.25, 0.3) is 0 Å². The molecule has 1 aliphatic rings. The van der Waals surface area contributed by atoms with E-state index in [4.69, 9.17) is 9.47 Å². The highest BCUT2D eigenvalue weighted by Gasteiger charge is 2.40. The standard InChI is InChI=1S/C13H15NO5/c1-17-12(15)11(10-8-18-10)14-13(16)19-7-9-5-3-2-4-6-9/h2-6,10-11H,7-8H2,1H3,(H,14,16). The quantitative estimate of drug-likeness (QED) is 0.631. The molecular formula is C13H15NO5. The van der Waals surface area contributed by atoms with Crippen molar-refractivity contribution < 1.29 is 23.8 Å². The van der Waals surface area contributed by atoms with E-state index in [0.29, 0.717) is 6.61 Å². The van der Waals surface area contributed by atoms with Crippen LogP contribution in [0.15, 0.2) is 30.3 Å². The number of carbonyl (C=O) groups is 2. The first-order valence-corrected chi connectivity index (χ1v) is 5.87. The van der Waals surface area contributed by atoms with Gasteiger partial charge in [0.2, 0.25) is 0 Å². The maximum Gasteiger partial charge on any atom is 0.408 e. The SMILES string of the molecule is COC(=O)C(NC(=O)OCc1ccccc1)C1CO1. The third-order valence-corrected chi connectivity index (χ3v) is 2.67. The molecule has 1 fully saturated rings. The predicted octanol–water partition coefficient (Wildman–Crippen LogP) is 0.853. The second kappa shape index (κ2) is 6.19. The highest BCUT2D eigenvalue weighted by atomic mass is 16.6. The lowest BCUT2D eigenvalue weighted by molar-refractivity contribution is -0.143. The van der Waals surface area contributed by atoms with Crippen molar-refractivity contribution in [2.75, 3.05) is 13.7 Å². The minimum Gasteiger partial charge on any atom is -0.467 e. The van der Waals surface area contributed by atoms with Gasteiger partial charge >= 0.3 is 12.1 Å². The van der Waals surface area contributed by atoms with Crippen LogP contribution in [0.25, 0.3) is 0 Å². The summed E-state index contributed by atoms with van der Waals surface area (Å²) < 4.78 is 14.6. The number of ether oxygens (including phenoxy) is 3. The number of methoxy groups -OCH3 is 1. The minimum absolute atomic E-state index is 0.145. The van der Waals surface area contributed by atoms with Crippen LogP contribution in [0.1, 0.15) is 5.56 Å². The van der Waals surface area contributed by atoms with Gasteiger partial charge in [-0.05, 0) is 5.56 Å². The number of hydrogen-bond donors (Lipinski definition) is 1. The molecule has 19 heavy (non-hydrogen) atoms. The van der Waals surface area contributed by atoms with Crippen LogP contribution in [0.2, 0.25) is 0 Å². The number of rotatable bonds is 5. The lowest BCUT2D eigenvalue weighted by Crippen LogP contribution is -2.45. The Labute approximate surface area is 110 Å². The van der Waals surface area contributed by atoms with Crippen molar-refractivity contribution in [1.82, 2.24) is 5.32 Å². The van der Waals surface area contributed by atoms with Crippen LogP contribution in [0.5, 0.6) is 0 Å². The van der Waals surface area contributed by atoms with Crippen LogP contribution in [-0.2, 0) is 25.6 Å². The molecule has 1 aromatic rings. The van der Waals surface area contributed by atoms with E-state index in [1.165, 1.54) is 7.11 Å². The molecule has 1 N–H and O–H groups in total. The average Bonchev–Trinajstić information content (AvgIpc) is 3.27. The molecule has 1 aliphatic heterocycles. The van der Waals surface area contributed by atoms with Crippen LogP contribution < -0.4 is 5.32 Å². The Morgan fingerprint density at radius 3 is 2.68 bits per heavy atom. The molecule has 1 aromatic carbocycles. The van der Waals surface area contributed by atoms with Gasteiger partial charge in [0.15, 0.2) is 6.04 Å². The van der Waals surface area contributed by atoms with Gasteiger partial charge in [0.05, 0.1) is 13.7 Å². The van der Waals surface area contributed by atoms with Crippen LogP contribution in [0.4, 0.5) is 4.79 Å². The van der Waals surface area contributed by atoms with Crippen molar-refractivity contribution >= 4 is 12.1 Å². The molecular weight excluding hydrogens is 250 g/mol. The summed E-state index contributed by atoms with van der Waals surface area (Å²) in [4.78, 5) is 23.0. The lowest BCUT2D eigenvalue weighted by atomic mass is 10.2. The Balaban J connectivity index is 1.81. The van der Waals surface area contributed by atoms with Gasteiger partial charge in [-0.2, -0.15) is 0 Å². The smallest absolute Gasteiger partial charge is 0.408 e. The molecule has 2 rings (SSSR count). The Morgan fingerprint density at radius 2 is 2.11 bits per heavy atom. The summed E-state index contributed by atoms with van der Waals surface area (Å²) in [5, 5.41) is 2.44. The van der Waals surface area contributed by atoms with Crippen molar-refractivity contribution in [3.05, 3.63) is 35.9 Å². The maximum atomic E-state index is 11.6. The van der Waals surface area contributed by atoms with Crippen LogP contribution in [0, 0.1) is 0 Å². The summed E-state index contributed by atoms with van der Waals surface area (Å²) in [5.74, 6) is -0.542. The Morgan fingerprint density at radius 1 is 1.42 bits per heavy atom. The number of alkyl carbamates (subject to hydrolysis) is 1. The average molecular weight is 265 g/mol. The molecule has 2 atom stereocenters. The summed E-state index contributed by atoms with van der Waals surface area (Å²) in [6.07, 6.45) is -0.994.